The Labute approximate surface area is 139 Å². The Kier molecular flexibility index (Phi) is 3.96. The summed E-state index contributed by atoms with van der Waals surface area (Å²) in [6.45, 7) is 2.24. The number of aromatic nitrogens is 5. The Hall–Kier alpha value is -2.74. The third-order valence-corrected chi connectivity index (χ3v) is 4.20. The van der Waals surface area contributed by atoms with Crippen molar-refractivity contribution in [3.63, 3.8) is 0 Å². The van der Waals surface area contributed by atoms with Crippen LogP contribution in [0.4, 0.5) is 11.8 Å². The minimum absolute atomic E-state index is 0.151. The van der Waals surface area contributed by atoms with Gasteiger partial charge in [0.15, 0.2) is 5.65 Å². The van der Waals surface area contributed by atoms with Crippen molar-refractivity contribution in [1.29, 1.82) is 0 Å². The van der Waals surface area contributed by atoms with Gasteiger partial charge < -0.3 is 15.4 Å². The number of nitrogen functional groups attached to an aromatic ring is 1. The van der Waals surface area contributed by atoms with Gasteiger partial charge in [0.05, 0.1) is 18.4 Å². The van der Waals surface area contributed by atoms with Gasteiger partial charge in [0.1, 0.15) is 12.1 Å². The van der Waals surface area contributed by atoms with Crippen molar-refractivity contribution >= 4 is 17.4 Å². The molecule has 0 spiro atoms. The summed E-state index contributed by atoms with van der Waals surface area (Å²) in [5, 5.41) is 7.93. The van der Waals surface area contributed by atoms with Crippen LogP contribution in [0, 0.1) is 0 Å². The average Bonchev–Trinajstić information content (AvgIpc) is 3.10. The molecule has 1 aliphatic heterocycles. The van der Waals surface area contributed by atoms with E-state index < -0.39 is 0 Å². The van der Waals surface area contributed by atoms with E-state index in [1.807, 2.05) is 24.3 Å². The van der Waals surface area contributed by atoms with Gasteiger partial charge in [-0.25, -0.2) is 0 Å². The fraction of sp³-hybridized carbons (Fsp3) is 0.375. The van der Waals surface area contributed by atoms with Crippen molar-refractivity contribution in [1.82, 2.24) is 24.6 Å². The minimum Gasteiger partial charge on any atom is -0.370 e. The Bertz CT molecular complexity index is 820. The maximum Gasteiger partial charge on any atom is 0.209 e. The summed E-state index contributed by atoms with van der Waals surface area (Å²) in [5.41, 5.74) is 7.63. The van der Waals surface area contributed by atoms with Crippen LogP contribution >= 0.6 is 0 Å². The molecule has 8 nitrogen and oxygen atoms in total. The van der Waals surface area contributed by atoms with Gasteiger partial charge in [-0.15, -0.1) is 10.2 Å². The maximum absolute atomic E-state index is 6.03. The van der Waals surface area contributed by atoms with Gasteiger partial charge >= 0.3 is 0 Å². The van der Waals surface area contributed by atoms with Crippen molar-refractivity contribution in [3.05, 3.63) is 42.5 Å². The van der Waals surface area contributed by atoms with Crippen LogP contribution in [0.2, 0.25) is 0 Å². The van der Waals surface area contributed by atoms with E-state index in [4.69, 9.17) is 10.5 Å². The fourth-order valence-corrected chi connectivity index (χ4v) is 2.97. The predicted molar refractivity (Wildman–Crippen MR) is 89.5 cm³/mol. The molecule has 8 heteroatoms. The number of anilines is 2. The highest BCUT2D eigenvalue weighted by Crippen LogP contribution is 2.22. The number of hydrogen-bond acceptors (Lipinski definition) is 7. The molecule has 4 rings (SSSR count). The molecule has 3 aromatic heterocycles. The molecular weight excluding hydrogens is 306 g/mol. The zero-order valence-corrected chi connectivity index (χ0v) is 13.2. The van der Waals surface area contributed by atoms with Gasteiger partial charge in [0, 0.05) is 25.4 Å². The zero-order valence-electron chi connectivity index (χ0n) is 13.2. The van der Waals surface area contributed by atoms with Crippen molar-refractivity contribution in [3.8, 4) is 0 Å². The lowest BCUT2D eigenvalue weighted by molar-refractivity contribution is 0.0297. The SMILES string of the molecule is Nc1nc(N2CCCC(OCc3ccccn3)C2)cc2nncn12. The van der Waals surface area contributed by atoms with Crippen LogP contribution in [0.5, 0.6) is 0 Å². The smallest absolute Gasteiger partial charge is 0.209 e. The molecule has 1 atom stereocenters. The highest BCUT2D eigenvalue weighted by Gasteiger charge is 2.22. The molecule has 0 bridgehead atoms. The number of piperidine rings is 1. The number of rotatable bonds is 4. The first-order valence-corrected chi connectivity index (χ1v) is 8.02. The van der Waals surface area contributed by atoms with Gasteiger partial charge in [-0.2, -0.15) is 4.98 Å². The van der Waals surface area contributed by atoms with E-state index in [-0.39, 0.29) is 6.10 Å². The summed E-state index contributed by atoms with van der Waals surface area (Å²) in [4.78, 5) is 11.0. The largest absolute Gasteiger partial charge is 0.370 e. The van der Waals surface area contributed by atoms with Crippen LogP contribution in [0.1, 0.15) is 18.5 Å². The van der Waals surface area contributed by atoms with Gasteiger partial charge in [-0.05, 0) is 25.0 Å². The molecule has 0 aliphatic carbocycles. The average molecular weight is 325 g/mol. The summed E-state index contributed by atoms with van der Waals surface area (Å²) in [6.07, 6.45) is 5.58. The predicted octanol–water partition coefficient (Wildman–Crippen LogP) is 1.29. The second-order valence-electron chi connectivity index (χ2n) is 5.87. The molecule has 3 aromatic rings. The van der Waals surface area contributed by atoms with Gasteiger partial charge in [0.2, 0.25) is 5.95 Å². The molecule has 24 heavy (non-hydrogen) atoms. The Morgan fingerprint density at radius 1 is 1.33 bits per heavy atom. The Morgan fingerprint density at radius 3 is 3.17 bits per heavy atom. The van der Waals surface area contributed by atoms with E-state index in [0.29, 0.717) is 18.2 Å². The van der Waals surface area contributed by atoms with E-state index in [9.17, 15) is 0 Å². The van der Waals surface area contributed by atoms with E-state index in [1.165, 1.54) is 0 Å². The summed E-state index contributed by atoms with van der Waals surface area (Å²) in [7, 11) is 0. The number of nitrogens with two attached hydrogens (primary N) is 1. The van der Waals surface area contributed by atoms with Crippen LogP contribution < -0.4 is 10.6 Å². The molecule has 1 saturated heterocycles. The summed E-state index contributed by atoms with van der Waals surface area (Å²) in [5.74, 6) is 1.21. The number of fused-ring (bicyclic) bond motifs is 1. The molecule has 0 amide bonds. The number of hydrogen-bond donors (Lipinski definition) is 1. The molecule has 0 aromatic carbocycles. The van der Waals surface area contributed by atoms with Crippen molar-refractivity contribution < 1.29 is 4.74 Å². The van der Waals surface area contributed by atoms with E-state index in [0.717, 1.165) is 37.4 Å². The quantitative estimate of drug-likeness (QED) is 0.772. The number of nitrogens with zero attached hydrogens (tertiary/aromatic N) is 6. The normalized spacial score (nSPS) is 18.2. The highest BCUT2D eigenvalue weighted by molar-refractivity contribution is 5.55. The molecular formula is C16H19N7O. The number of ether oxygens (including phenoxy) is 1. The van der Waals surface area contributed by atoms with Crippen LogP contribution in [0.3, 0.4) is 0 Å². The second kappa shape index (κ2) is 6.40. The van der Waals surface area contributed by atoms with Gasteiger partial charge in [-0.3, -0.25) is 9.38 Å². The first-order valence-electron chi connectivity index (χ1n) is 8.02. The monoisotopic (exact) mass is 325 g/mol. The standard InChI is InChI=1S/C16H19N7O/c17-16-20-14(8-15-21-19-11-23(15)16)22-7-3-5-13(9-22)24-10-12-4-1-2-6-18-12/h1-2,4,6,8,11,13H,3,5,7,9-10H2,(H2,17,20). The summed E-state index contributed by atoms with van der Waals surface area (Å²) in [6, 6.07) is 7.76. The second-order valence-corrected chi connectivity index (χ2v) is 5.87. The third kappa shape index (κ3) is 3.00. The van der Waals surface area contributed by atoms with Gasteiger partial charge in [0.25, 0.3) is 0 Å². The van der Waals surface area contributed by atoms with Crippen LogP contribution in [-0.4, -0.2) is 43.8 Å². The zero-order chi connectivity index (χ0) is 16.4. The minimum atomic E-state index is 0.151. The Balaban J connectivity index is 1.45. The Morgan fingerprint density at radius 2 is 2.29 bits per heavy atom. The highest BCUT2D eigenvalue weighted by atomic mass is 16.5. The summed E-state index contributed by atoms with van der Waals surface area (Å²) >= 11 is 0. The molecule has 124 valence electrons. The van der Waals surface area contributed by atoms with Crippen molar-refractivity contribution in [2.75, 3.05) is 23.7 Å². The molecule has 1 aliphatic rings. The van der Waals surface area contributed by atoms with Crippen molar-refractivity contribution in [2.24, 2.45) is 0 Å². The topological polar surface area (TPSA) is 94.5 Å². The van der Waals surface area contributed by atoms with E-state index >= 15 is 0 Å². The lowest BCUT2D eigenvalue weighted by Crippen LogP contribution is -2.40. The van der Waals surface area contributed by atoms with E-state index in [2.05, 4.69) is 25.1 Å². The molecule has 4 heterocycles. The molecule has 1 fully saturated rings. The molecule has 2 N–H and O–H groups in total. The lowest BCUT2D eigenvalue weighted by atomic mass is 10.1. The summed E-state index contributed by atoms with van der Waals surface area (Å²) < 4.78 is 7.70. The third-order valence-electron chi connectivity index (χ3n) is 4.20. The maximum atomic E-state index is 6.03. The van der Waals surface area contributed by atoms with Crippen LogP contribution in [-0.2, 0) is 11.3 Å². The fourth-order valence-electron chi connectivity index (χ4n) is 2.97. The van der Waals surface area contributed by atoms with Crippen molar-refractivity contribution in [2.45, 2.75) is 25.6 Å². The molecule has 0 radical (unpaired) electrons. The van der Waals surface area contributed by atoms with Crippen LogP contribution in [0.15, 0.2) is 36.8 Å². The number of pyridine rings is 1. The first-order chi connectivity index (χ1) is 11.8. The lowest BCUT2D eigenvalue weighted by Gasteiger charge is -2.33. The van der Waals surface area contributed by atoms with E-state index in [1.54, 1.807) is 16.9 Å². The molecule has 0 saturated carbocycles. The van der Waals surface area contributed by atoms with Gasteiger partial charge in [-0.1, -0.05) is 6.07 Å². The first kappa shape index (κ1) is 14.8. The molecule has 1 unspecified atom stereocenters. The van der Waals surface area contributed by atoms with Crippen LogP contribution in [0.25, 0.3) is 5.65 Å².